The van der Waals surface area contributed by atoms with Crippen LogP contribution in [0.5, 0.6) is 11.5 Å². The lowest BCUT2D eigenvalue weighted by atomic mass is 10.0. The molecule has 0 aliphatic rings. The summed E-state index contributed by atoms with van der Waals surface area (Å²) in [6, 6.07) is 2.96. The van der Waals surface area contributed by atoms with Crippen LogP contribution in [0.3, 0.4) is 0 Å². The summed E-state index contributed by atoms with van der Waals surface area (Å²) in [7, 11) is 1.51. The van der Waals surface area contributed by atoms with Crippen LogP contribution >= 0.6 is 0 Å². The zero-order valence-electron chi connectivity index (χ0n) is 18.4. The lowest BCUT2D eigenvalue weighted by molar-refractivity contribution is 0.112. The second-order valence-electron chi connectivity index (χ2n) is 7.72. The molecule has 1 rings (SSSR count). The van der Waals surface area contributed by atoms with Gasteiger partial charge in [-0.1, -0.05) is 90.4 Å². The van der Waals surface area contributed by atoms with Gasteiger partial charge in [-0.05, 0) is 17.7 Å². The van der Waals surface area contributed by atoms with Crippen molar-refractivity contribution < 1.29 is 14.3 Å². The van der Waals surface area contributed by atoms with E-state index in [0.29, 0.717) is 24.4 Å². The van der Waals surface area contributed by atoms with E-state index >= 15 is 0 Å². The SMILES string of the molecule is CCCCCCCCCCCCCCCCOc1cc(N=O)c(C=O)cc1OC. The Morgan fingerprint density at radius 1 is 0.793 bits per heavy atom. The molecule has 0 saturated carbocycles. The molecule has 0 spiro atoms. The van der Waals surface area contributed by atoms with Crippen LogP contribution in [0.1, 0.15) is 107 Å². The number of carbonyl (C=O) groups excluding carboxylic acids is 1. The fraction of sp³-hybridized carbons (Fsp3) is 0.708. The summed E-state index contributed by atoms with van der Waals surface area (Å²) in [5.74, 6) is 0.909. The van der Waals surface area contributed by atoms with Crippen LogP contribution in [-0.2, 0) is 0 Å². The normalized spacial score (nSPS) is 10.7. The van der Waals surface area contributed by atoms with Crippen LogP contribution in [0.25, 0.3) is 0 Å². The fourth-order valence-corrected chi connectivity index (χ4v) is 3.49. The highest BCUT2D eigenvalue weighted by Crippen LogP contribution is 2.34. The van der Waals surface area contributed by atoms with Crippen molar-refractivity contribution >= 4 is 12.0 Å². The molecular weight excluding hydrogens is 366 g/mol. The van der Waals surface area contributed by atoms with Gasteiger partial charge in [-0.3, -0.25) is 4.79 Å². The van der Waals surface area contributed by atoms with Gasteiger partial charge in [0, 0.05) is 11.6 Å². The molecule has 0 unspecified atom stereocenters. The highest BCUT2D eigenvalue weighted by Gasteiger charge is 2.12. The number of nitroso groups, excluding NO2 is 1. The number of rotatable bonds is 19. The second-order valence-corrected chi connectivity index (χ2v) is 7.72. The second kappa shape index (κ2) is 17.0. The van der Waals surface area contributed by atoms with E-state index in [1.807, 2.05) is 0 Å². The van der Waals surface area contributed by atoms with Gasteiger partial charge in [-0.15, -0.1) is 4.91 Å². The maximum absolute atomic E-state index is 11.0. The molecule has 1 aromatic carbocycles. The largest absolute Gasteiger partial charge is 0.493 e. The van der Waals surface area contributed by atoms with Crippen molar-refractivity contribution in [1.29, 1.82) is 0 Å². The van der Waals surface area contributed by atoms with Crippen LogP contribution in [0.15, 0.2) is 17.3 Å². The monoisotopic (exact) mass is 405 g/mol. The van der Waals surface area contributed by atoms with Crippen molar-refractivity contribution in [3.05, 3.63) is 22.6 Å². The first kappa shape index (κ1) is 25.1. The number of benzene rings is 1. The zero-order valence-corrected chi connectivity index (χ0v) is 18.4. The van der Waals surface area contributed by atoms with Gasteiger partial charge < -0.3 is 9.47 Å². The van der Waals surface area contributed by atoms with Gasteiger partial charge >= 0.3 is 0 Å². The van der Waals surface area contributed by atoms with Gasteiger partial charge in [0.2, 0.25) is 0 Å². The molecule has 0 aromatic heterocycles. The average molecular weight is 406 g/mol. The molecule has 0 amide bonds. The Bertz CT molecular complexity index is 574. The molecule has 5 nitrogen and oxygen atoms in total. The lowest BCUT2D eigenvalue weighted by Gasteiger charge is -2.12. The van der Waals surface area contributed by atoms with Crippen LogP contribution in [0.2, 0.25) is 0 Å². The van der Waals surface area contributed by atoms with Crippen molar-refractivity contribution in [2.75, 3.05) is 13.7 Å². The zero-order chi connectivity index (χ0) is 21.2. The van der Waals surface area contributed by atoms with E-state index in [2.05, 4.69) is 12.1 Å². The number of methoxy groups -OCH3 is 1. The van der Waals surface area contributed by atoms with E-state index in [4.69, 9.17) is 9.47 Å². The number of hydrogen-bond acceptors (Lipinski definition) is 5. The summed E-state index contributed by atoms with van der Waals surface area (Å²) in [6.07, 6.45) is 19.0. The van der Waals surface area contributed by atoms with Crippen molar-refractivity contribution in [2.45, 2.75) is 96.8 Å². The van der Waals surface area contributed by atoms with Gasteiger partial charge in [-0.2, -0.15) is 0 Å². The number of nitrogens with zero attached hydrogens (tertiary/aromatic N) is 1. The number of hydrogen-bond donors (Lipinski definition) is 0. The quantitative estimate of drug-likeness (QED) is 0.134. The van der Waals surface area contributed by atoms with Gasteiger partial charge in [0.1, 0.15) is 5.69 Å². The highest BCUT2D eigenvalue weighted by atomic mass is 16.5. The molecule has 5 heteroatoms. The average Bonchev–Trinajstić information content (AvgIpc) is 2.75. The first-order valence-electron chi connectivity index (χ1n) is 11.4. The molecule has 0 N–H and O–H groups in total. The minimum atomic E-state index is 0.0803. The van der Waals surface area contributed by atoms with Crippen LogP contribution in [0, 0.1) is 4.91 Å². The topological polar surface area (TPSA) is 65.0 Å². The summed E-state index contributed by atoms with van der Waals surface area (Å²) in [4.78, 5) is 21.8. The van der Waals surface area contributed by atoms with Crippen molar-refractivity contribution in [2.24, 2.45) is 5.18 Å². The Labute approximate surface area is 176 Å². The molecular formula is C24H39NO4. The first-order chi connectivity index (χ1) is 14.3. The van der Waals surface area contributed by atoms with E-state index < -0.39 is 0 Å². The number of unbranched alkanes of at least 4 members (excludes halogenated alkanes) is 13. The summed E-state index contributed by atoms with van der Waals surface area (Å²) in [5.41, 5.74) is 0.289. The predicted octanol–water partition coefficient (Wildman–Crippen LogP) is 7.77. The summed E-state index contributed by atoms with van der Waals surface area (Å²) >= 11 is 0. The molecule has 0 aliphatic heterocycles. The molecule has 29 heavy (non-hydrogen) atoms. The fourth-order valence-electron chi connectivity index (χ4n) is 3.49. The maximum atomic E-state index is 11.0. The molecule has 0 atom stereocenters. The van der Waals surface area contributed by atoms with E-state index in [0.717, 1.165) is 12.8 Å². The Kier molecular flexibility index (Phi) is 14.7. The van der Waals surface area contributed by atoms with Crippen molar-refractivity contribution in [3.8, 4) is 11.5 Å². The third-order valence-electron chi connectivity index (χ3n) is 5.29. The van der Waals surface area contributed by atoms with E-state index in [9.17, 15) is 9.70 Å². The maximum Gasteiger partial charge on any atom is 0.163 e. The third kappa shape index (κ3) is 11.0. The highest BCUT2D eigenvalue weighted by molar-refractivity contribution is 5.84. The Balaban J connectivity index is 2.05. The standard InChI is InChI=1S/C24H39NO4/c1-3-4-5-6-7-8-9-10-11-12-13-14-15-16-17-29-24-19-22(25-27)21(20-26)18-23(24)28-2/h18-20H,3-17H2,1-2H3. The van der Waals surface area contributed by atoms with Crippen LogP contribution in [0.4, 0.5) is 5.69 Å². The van der Waals surface area contributed by atoms with Crippen molar-refractivity contribution in [1.82, 2.24) is 0 Å². The molecule has 164 valence electrons. The molecule has 0 bridgehead atoms. The third-order valence-corrected chi connectivity index (χ3v) is 5.29. The van der Waals surface area contributed by atoms with E-state index in [1.165, 1.54) is 96.3 Å². The van der Waals surface area contributed by atoms with E-state index in [1.54, 1.807) is 0 Å². The minimum Gasteiger partial charge on any atom is -0.493 e. The smallest absolute Gasteiger partial charge is 0.163 e. The minimum absolute atomic E-state index is 0.0803. The lowest BCUT2D eigenvalue weighted by Crippen LogP contribution is -2.00. The Hall–Kier alpha value is -1.91. The molecule has 0 saturated heterocycles. The van der Waals surface area contributed by atoms with Crippen LogP contribution in [-0.4, -0.2) is 20.0 Å². The van der Waals surface area contributed by atoms with E-state index in [-0.39, 0.29) is 11.3 Å². The number of carbonyl (C=O) groups is 1. The van der Waals surface area contributed by atoms with Gasteiger partial charge in [0.15, 0.2) is 17.8 Å². The number of ether oxygens (including phenoxy) is 2. The van der Waals surface area contributed by atoms with Crippen molar-refractivity contribution in [3.63, 3.8) is 0 Å². The predicted molar refractivity (Wildman–Crippen MR) is 120 cm³/mol. The molecule has 0 aliphatic carbocycles. The molecule has 0 radical (unpaired) electrons. The van der Waals surface area contributed by atoms with Gasteiger partial charge in [-0.25, -0.2) is 0 Å². The Morgan fingerprint density at radius 2 is 1.31 bits per heavy atom. The summed E-state index contributed by atoms with van der Waals surface area (Å²) in [6.45, 7) is 2.83. The van der Waals surface area contributed by atoms with Gasteiger partial charge in [0.25, 0.3) is 0 Å². The van der Waals surface area contributed by atoms with Gasteiger partial charge in [0.05, 0.1) is 13.7 Å². The first-order valence-corrected chi connectivity index (χ1v) is 11.4. The summed E-state index contributed by atoms with van der Waals surface area (Å²) < 4.78 is 11.0. The molecule has 0 fully saturated rings. The molecule has 0 heterocycles. The number of aldehydes is 1. The molecule has 1 aromatic rings. The summed E-state index contributed by atoms with van der Waals surface area (Å²) in [5, 5.41) is 2.88. The Morgan fingerprint density at radius 3 is 1.76 bits per heavy atom. The van der Waals surface area contributed by atoms with Crippen LogP contribution < -0.4 is 9.47 Å².